The second kappa shape index (κ2) is 6.32. The van der Waals surface area contributed by atoms with E-state index in [2.05, 4.69) is 10.1 Å². The molecule has 0 aromatic carbocycles. The molecule has 2 aliphatic rings. The molecule has 2 fully saturated rings. The van der Waals surface area contributed by atoms with Gasteiger partial charge in [-0.2, -0.15) is 5.10 Å². The van der Waals surface area contributed by atoms with Gasteiger partial charge in [-0.3, -0.25) is 9.59 Å². The highest BCUT2D eigenvalue weighted by Gasteiger charge is 2.53. The van der Waals surface area contributed by atoms with E-state index in [4.69, 9.17) is 0 Å². The van der Waals surface area contributed by atoms with E-state index in [1.807, 2.05) is 38.7 Å². The molecule has 1 spiro atoms. The van der Waals surface area contributed by atoms with Crippen molar-refractivity contribution in [3.63, 3.8) is 0 Å². The number of aryl methyl sites for hydroxylation is 2. The summed E-state index contributed by atoms with van der Waals surface area (Å²) in [6, 6.07) is 3.83. The molecule has 0 bridgehead atoms. The average Bonchev–Trinajstić information content (AvgIpc) is 3.21. The van der Waals surface area contributed by atoms with Crippen molar-refractivity contribution in [3.05, 3.63) is 29.2 Å². The van der Waals surface area contributed by atoms with E-state index in [1.165, 1.54) is 0 Å². The van der Waals surface area contributed by atoms with Gasteiger partial charge in [0.15, 0.2) is 11.3 Å². The Hall–Kier alpha value is -2.44. The monoisotopic (exact) mass is 369 g/mol. The SMILES string of the molecule is Cc1cc(C)n2nc(C(=O)N3CCCC34CCCN(C(C)C)C4=O)cc2n1. The lowest BCUT2D eigenvalue weighted by Crippen LogP contribution is -2.62. The third kappa shape index (κ3) is 2.71. The second-order valence-electron chi connectivity index (χ2n) is 8.13. The lowest BCUT2D eigenvalue weighted by Gasteiger charge is -2.45. The minimum atomic E-state index is -0.701. The standard InChI is InChI=1S/C20H27N5O2/c1-13(2)23-9-5-7-20(19(23)27)8-6-10-24(20)18(26)16-12-17-21-14(3)11-15(4)25(17)22-16/h11-13H,5-10H2,1-4H3. The van der Waals surface area contributed by atoms with Crippen LogP contribution < -0.4 is 0 Å². The van der Waals surface area contributed by atoms with E-state index in [9.17, 15) is 9.59 Å². The van der Waals surface area contributed by atoms with Gasteiger partial charge in [-0.15, -0.1) is 0 Å². The minimum absolute atomic E-state index is 0.100. The van der Waals surface area contributed by atoms with Crippen molar-refractivity contribution in [1.29, 1.82) is 0 Å². The first-order valence-electron chi connectivity index (χ1n) is 9.80. The quantitative estimate of drug-likeness (QED) is 0.815. The highest BCUT2D eigenvalue weighted by Crippen LogP contribution is 2.39. The molecular formula is C20H27N5O2. The molecule has 2 aromatic rings. The first-order chi connectivity index (χ1) is 12.8. The molecule has 4 heterocycles. The van der Waals surface area contributed by atoms with Crippen LogP contribution in [0.5, 0.6) is 0 Å². The van der Waals surface area contributed by atoms with Crippen LogP contribution in [0.1, 0.15) is 61.4 Å². The zero-order valence-corrected chi connectivity index (χ0v) is 16.5. The number of piperidine rings is 1. The van der Waals surface area contributed by atoms with Crippen molar-refractivity contribution in [2.45, 2.75) is 65.0 Å². The van der Waals surface area contributed by atoms with Gasteiger partial charge in [0.25, 0.3) is 5.91 Å². The van der Waals surface area contributed by atoms with Crippen LogP contribution in [-0.4, -0.2) is 60.9 Å². The highest BCUT2D eigenvalue weighted by molar-refractivity contribution is 5.99. The fourth-order valence-electron chi connectivity index (χ4n) is 4.70. The first-order valence-corrected chi connectivity index (χ1v) is 9.80. The molecule has 4 rings (SSSR count). The van der Waals surface area contributed by atoms with Crippen LogP contribution in [0.4, 0.5) is 0 Å². The zero-order valence-electron chi connectivity index (χ0n) is 16.5. The van der Waals surface area contributed by atoms with Crippen LogP contribution in [0.15, 0.2) is 12.1 Å². The molecule has 144 valence electrons. The summed E-state index contributed by atoms with van der Waals surface area (Å²) in [5, 5.41) is 4.49. The van der Waals surface area contributed by atoms with Crippen molar-refractivity contribution >= 4 is 17.5 Å². The molecule has 2 aromatic heterocycles. The largest absolute Gasteiger partial charge is 0.338 e. The summed E-state index contributed by atoms with van der Waals surface area (Å²) in [6.07, 6.45) is 3.26. The molecule has 7 nitrogen and oxygen atoms in total. The molecule has 0 aliphatic carbocycles. The summed E-state index contributed by atoms with van der Waals surface area (Å²) in [5.74, 6) is -0.0578. The van der Waals surface area contributed by atoms with Crippen LogP contribution in [0, 0.1) is 13.8 Å². The predicted molar refractivity (Wildman–Crippen MR) is 102 cm³/mol. The number of hydrogen-bond donors (Lipinski definition) is 0. The molecule has 7 heteroatoms. The number of amides is 2. The van der Waals surface area contributed by atoms with Crippen LogP contribution in [0.2, 0.25) is 0 Å². The number of aromatic nitrogens is 3. The first kappa shape index (κ1) is 17.9. The molecule has 27 heavy (non-hydrogen) atoms. The van der Waals surface area contributed by atoms with Gasteiger partial charge in [-0.05, 0) is 59.4 Å². The van der Waals surface area contributed by atoms with Crippen molar-refractivity contribution in [2.75, 3.05) is 13.1 Å². The topological polar surface area (TPSA) is 70.8 Å². The molecule has 2 saturated heterocycles. The molecule has 2 aliphatic heterocycles. The van der Waals surface area contributed by atoms with Crippen molar-refractivity contribution in [1.82, 2.24) is 24.4 Å². The van der Waals surface area contributed by atoms with Gasteiger partial charge in [0.1, 0.15) is 5.54 Å². The third-order valence-corrected chi connectivity index (χ3v) is 5.96. The fourth-order valence-corrected chi connectivity index (χ4v) is 4.70. The Balaban J connectivity index is 1.71. The summed E-state index contributed by atoms with van der Waals surface area (Å²) in [6.45, 7) is 9.34. The summed E-state index contributed by atoms with van der Waals surface area (Å²) < 4.78 is 1.70. The van der Waals surface area contributed by atoms with Gasteiger partial charge in [0.05, 0.1) is 0 Å². The van der Waals surface area contributed by atoms with E-state index in [0.29, 0.717) is 17.9 Å². The van der Waals surface area contributed by atoms with Crippen molar-refractivity contribution in [2.24, 2.45) is 0 Å². The van der Waals surface area contributed by atoms with Gasteiger partial charge >= 0.3 is 0 Å². The third-order valence-electron chi connectivity index (χ3n) is 5.96. The maximum Gasteiger partial charge on any atom is 0.275 e. The Morgan fingerprint density at radius 1 is 1.15 bits per heavy atom. The van der Waals surface area contributed by atoms with Gasteiger partial charge in [0, 0.05) is 36.6 Å². The van der Waals surface area contributed by atoms with Crippen LogP contribution >= 0.6 is 0 Å². The van der Waals surface area contributed by atoms with Gasteiger partial charge in [-0.25, -0.2) is 9.50 Å². The number of hydrogen-bond acceptors (Lipinski definition) is 4. The summed E-state index contributed by atoms with van der Waals surface area (Å²) in [7, 11) is 0. The second-order valence-corrected chi connectivity index (χ2v) is 8.13. The van der Waals surface area contributed by atoms with E-state index < -0.39 is 5.54 Å². The van der Waals surface area contributed by atoms with E-state index in [-0.39, 0.29) is 17.9 Å². The summed E-state index contributed by atoms with van der Waals surface area (Å²) in [4.78, 5) is 34.8. The Morgan fingerprint density at radius 3 is 2.56 bits per heavy atom. The zero-order chi connectivity index (χ0) is 19.3. The van der Waals surface area contributed by atoms with E-state index >= 15 is 0 Å². The fraction of sp³-hybridized carbons (Fsp3) is 0.600. The van der Waals surface area contributed by atoms with Gasteiger partial charge < -0.3 is 9.80 Å². The highest BCUT2D eigenvalue weighted by atomic mass is 16.2. The lowest BCUT2D eigenvalue weighted by atomic mass is 9.84. The van der Waals surface area contributed by atoms with E-state index in [0.717, 1.165) is 43.6 Å². The Kier molecular flexibility index (Phi) is 4.20. The number of nitrogens with zero attached hydrogens (tertiary/aromatic N) is 5. The van der Waals surface area contributed by atoms with Crippen molar-refractivity contribution in [3.8, 4) is 0 Å². The van der Waals surface area contributed by atoms with E-state index in [1.54, 1.807) is 15.5 Å². The normalized spacial score (nSPS) is 23.2. The predicted octanol–water partition coefficient (Wildman–Crippen LogP) is 2.35. The van der Waals surface area contributed by atoms with Crippen molar-refractivity contribution < 1.29 is 9.59 Å². The number of carbonyl (C=O) groups is 2. The lowest BCUT2D eigenvalue weighted by molar-refractivity contribution is -0.147. The summed E-state index contributed by atoms with van der Waals surface area (Å²) >= 11 is 0. The van der Waals surface area contributed by atoms with Gasteiger partial charge in [0.2, 0.25) is 5.91 Å². The van der Waals surface area contributed by atoms with Crippen LogP contribution in [0.25, 0.3) is 5.65 Å². The Labute approximate surface area is 159 Å². The molecule has 2 amide bonds. The van der Waals surface area contributed by atoms with Crippen LogP contribution in [0.3, 0.4) is 0 Å². The maximum atomic E-state index is 13.4. The molecule has 0 radical (unpaired) electrons. The number of carbonyl (C=O) groups excluding carboxylic acids is 2. The molecular weight excluding hydrogens is 342 g/mol. The molecule has 1 atom stereocenters. The number of likely N-dealkylation sites (tertiary alicyclic amines) is 2. The molecule has 1 unspecified atom stereocenters. The minimum Gasteiger partial charge on any atom is -0.338 e. The Bertz CT molecular complexity index is 918. The Morgan fingerprint density at radius 2 is 1.85 bits per heavy atom. The van der Waals surface area contributed by atoms with Gasteiger partial charge in [-0.1, -0.05) is 0 Å². The number of rotatable bonds is 2. The summed E-state index contributed by atoms with van der Waals surface area (Å²) in [5.41, 5.74) is 2.17. The molecule has 0 N–H and O–H groups in total. The maximum absolute atomic E-state index is 13.4. The molecule has 0 saturated carbocycles. The number of fused-ring (bicyclic) bond motifs is 1. The average molecular weight is 369 g/mol. The smallest absolute Gasteiger partial charge is 0.275 e. The van der Waals surface area contributed by atoms with Crippen LogP contribution in [-0.2, 0) is 4.79 Å².